The monoisotopic (exact) mass is 397 g/mol. The predicted molar refractivity (Wildman–Crippen MR) is 88.0 cm³/mol. The maximum Gasteiger partial charge on any atom is 0.416 e. The van der Waals surface area contributed by atoms with E-state index in [9.17, 15) is 18.0 Å². The molecule has 0 fully saturated rings. The number of H-pyrrole nitrogens is 1. The van der Waals surface area contributed by atoms with Crippen LogP contribution in [0, 0.1) is 0 Å². The molecule has 1 aromatic heterocycles. The lowest BCUT2D eigenvalue weighted by Gasteiger charge is -2.13. The molecule has 0 aliphatic heterocycles. The lowest BCUT2D eigenvalue weighted by molar-refractivity contribution is -0.137. The number of nitrogens with one attached hydrogen (secondary N) is 1. The number of ether oxygens (including phenoxy) is 1. The summed E-state index contributed by atoms with van der Waals surface area (Å²) in [5.41, 5.74) is -0.433. The molecule has 3 aromatic rings. The Hall–Kier alpha value is -2.28. The van der Waals surface area contributed by atoms with Crippen molar-refractivity contribution in [3.05, 3.63) is 74.5 Å². The van der Waals surface area contributed by atoms with Gasteiger partial charge in [-0.3, -0.25) is 4.79 Å². The summed E-state index contributed by atoms with van der Waals surface area (Å²) >= 11 is 3.14. The molecule has 0 unspecified atom stereocenters. The molecule has 0 spiro atoms. The van der Waals surface area contributed by atoms with Crippen molar-refractivity contribution in [3.63, 3.8) is 0 Å². The van der Waals surface area contributed by atoms with E-state index in [2.05, 4.69) is 20.9 Å². The van der Waals surface area contributed by atoms with Gasteiger partial charge >= 0.3 is 6.18 Å². The summed E-state index contributed by atoms with van der Waals surface area (Å²) in [6.07, 6.45) is -4.48. The van der Waals surface area contributed by atoms with Gasteiger partial charge in [-0.15, -0.1) is 0 Å². The smallest absolute Gasteiger partial charge is 0.416 e. The molecule has 0 aliphatic rings. The van der Waals surface area contributed by atoms with Crippen LogP contribution >= 0.6 is 15.9 Å². The Balaban J connectivity index is 2.06. The fraction of sp³-hybridized carbons (Fsp3) is 0.118. The second-order valence-electron chi connectivity index (χ2n) is 5.13. The van der Waals surface area contributed by atoms with E-state index in [0.29, 0.717) is 5.39 Å². The summed E-state index contributed by atoms with van der Waals surface area (Å²) in [5, 5.41) is 0.394. The van der Waals surface area contributed by atoms with Crippen molar-refractivity contribution in [1.82, 2.24) is 4.98 Å². The minimum atomic E-state index is -4.48. The number of rotatable bonds is 3. The number of benzene rings is 2. The van der Waals surface area contributed by atoms with E-state index in [-0.39, 0.29) is 22.3 Å². The highest BCUT2D eigenvalue weighted by Crippen LogP contribution is 2.35. The Morgan fingerprint density at radius 3 is 2.46 bits per heavy atom. The SMILES string of the molecule is O=c1[nH]c2cc(C(F)(F)F)ccc2c(OCc2ccccc2)c1Br. The van der Waals surface area contributed by atoms with Gasteiger partial charge in [0.2, 0.25) is 0 Å². The molecule has 24 heavy (non-hydrogen) atoms. The molecule has 1 N–H and O–H groups in total. The fourth-order valence-electron chi connectivity index (χ4n) is 2.29. The molecule has 0 radical (unpaired) electrons. The van der Waals surface area contributed by atoms with Crippen molar-refractivity contribution in [2.75, 3.05) is 0 Å². The number of fused-ring (bicyclic) bond motifs is 1. The highest BCUT2D eigenvalue weighted by molar-refractivity contribution is 9.10. The van der Waals surface area contributed by atoms with Crippen LogP contribution in [0.5, 0.6) is 5.75 Å². The number of aromatic amines is 1. The van der Waals surface area contributed by atoms with E-state index < -0.39 is 17.3 Å². The number of hydrogen-bond donors (Lipinski definition) is 1. The Morgan fingerprint density at radius 2 is 1.79 bits per heavy atom. The molecular weight excluding hydrogens is 387 g/mol. The summed E-state index contributed by atoms with van der Waals surface area (Å²) in [7, 11) is 0. The molecule has 124 valence electrons. The molecular formula is C17H11BrF3NO2. The third-order valence-electron chi connectivity index (χ3n) is 3.46. The summed E-state index contributed by atoms with van der Waals surface area (Å²) in [4.78, 5) is 14.4. The number of alkyl halides is 3. The lowest BCUT2D eigenvalue weighted by Crippen LogP contribution is -2.11. The van der Waals surface area contributed by atoms with Crippen LogP contribution in [0.25, 0.3) is 10.9 Å². The van der Waals surface area contributed by atoms with Crippen LogP contribution in [-0.4, -0.2) is 4.98 Å². The molecule has 0 atom stereocenters. The third-order valence-corrected chi connectivity index (χ3v) is 4.18. The van der Waals surface area contributed by atoms with E-state index in [1.54, 1.807) is 0 Å². The normalized spacial score (nSPS) is 11.7. The van der Waals surface area contributed by atoms with Crippen LogP contribution in [0.3, 0.4) is 0 Å². The predicted octanol–water partition coefficient (Wildman–Crippen LogP) is 4.89. The summed E-state index contributed by atoms with van der Waals surface area (Å²) in [6.45, 7) is 0.193. The van der Waals surface area contributed by atoms with Gasteiger partial charge in [0.05, 0.1) is 11.1 Å². The molecule has 0 bridgehead atoms. The number of halogens is 4. The van der Waals surface area contributed by atoms with E-state index >= 15 is 0 Å². The number of aromatic nitrogens is 1. The summed E-state index contributed by atoms with van der Waals surface area (Å²) in [5.74, 6) is 0.214. The first-order chi connectivity index (χ1) is 11.4. The van der Waals surface area contributed by atoms with Gasteiger partial charge in [0, 0.05) is 5.39 Å². The van der Waals surface area contributed by atoms with Crippen molar-refractivity contribution in [1.29, 1.82) is 0 Å². The molecule has 0 saturated carbocycles. The maximum atomic E-state index is 12.8. The van der Waals surface area contributed by atoms with Gasteiger partial charge in [0.25, 0.3) is 5.56 Å². The van der Waals surface area contributed by atoms with Crippen LogP contribution < -0.4 is 10.3 Å². The highest BCUT2D eigenvalue weighted by atomic mass is 79.9. The van der Waals surface area contributed by atoms with E-state index in [4.69, 9.17) is 4.74 Å². The van der Waals surface area contributed by atoms with Gasteiger partial charge in [-0.2, -0.15) is 13.2 Å². The Labute approximate surface area is 143 Å². The first-order valence-electron chi connectivity index (χ1n) is 6.96. The van der Waals surface area contributed by atoms with Gasteiger partial charge < -0.3 is 9.72 Å². The van der Waals surface area contributed by atoms with Gasteiger partial charge in [0.15, 0.2) is 0 Å². The van der Waals surface area contributed by atoms with Crippen LogP contribution in [0.2, 0.25) is 0 Å². The Morgan fingerprint density at radius 1 is 1.08 bits per heavy atom. The molecule has 0 saturated heterocycles. The lowest BCUT2D eigenvalue weighted by atomic mass is 10.1. The van der Waals surface area contributed by atoms with Gasteiger partial charge in [-0.1, -0.05) is 30.3 Å². The fourth-order valence-corrected chi connectivity index (χ4v) is 2.72. The van der Waals surface area contributed by atoms with Gasteiger partial charge in [0.1, 0.15) is 16.8 Å². The van der Waals surface area contributed by atoms with Crippen molar-refractivity contribution in [2.24, 2.45) is 0 Å². The van der Waals surface area contributed by atoms with Crippen molar-refractivity contribution in [3.8, 4) is 5.75 Å². The minimum absolute atomic E-state index is 0.0705. The van der Waals surface area contributed by atoms with Crippen LogP contribution in [0.15, 0.2) is 57.8 Å². The molecule has 1 heterocycles. The average molecular weight is 398 g/mol. The van der Waals surface area contributed by atoms with Crippen LogP contribution in [-0.2, 0) is 12.8 Å². The zero-order chi connectivity index (χ0) is 17.3. The maximum absolute atomic E-state index is 12.8. The Bertz CT molecular complexity index is 936. The molecule has 3 nitrogen and oxygen atoms in total. The first-order valence-corrected chi connectivity index (χ1v) is 7.75. The summed E-state index contributed by atoms with van der Waals surface area (Å²) in [6, 6.07) is 12.4. The summed E-state index contributed by atoms with van der Waals surface area (Å²) < 4.78 is 44.3. The molecule has 7 heteroatoms. The van der Waals surface area contributed by atoms with E-state index in [1.807, 2.05) is 30.3 Å². The van der Waals surface area contributed by atoms with Crippen LogP contribution in [0.1, 0.15) is 11.1 Å². The quantitative estimate of drug-likeness (QED) is 0.683. The third kappa shape index (κ3) is 3.31. The standard InChI is InChI=1S/C17H11BrF3NO2/c18-14-15(24-9-10-4-2-1-3-5-10)12-7-6-11(17(19,20)21)8-13(12)22-16(14)23/h1-8H,9H2,(H,22,23). The number of hydrogen-bond acceptors (Lipinski definition) is 2. The topological polar surface area (TPSA) is 42.1 Å². The van der Waals surface area contributed by atoms with Crippen LogP contribution in [0.4, 0.5) is 13.2 Å². The van der Waals surface area contributed by atoms with Crippen molar-refractivity contribution < 1.29 is 17.9 Å². The second-order valence-corrected chi connectivity index (χ2v) is 5.92. The zero-order valence-electron chi connectivity index (χ0n) is 12.2. The molecule has 3 rings (SSSR count). The first kappa shape index (κ1) is 16.6. The Kier molecular flexibility index (Phi) is 4.36. The van der Waals surface area contributed by atoms with E-state index in [0.717, 1.165) is 17.7 Å². The minimum Gasteiger partial charge on any atom is -0.487 e. The second kappa shape index (κ2) is 6.32. The highest BCUT2D eigenvalue weighted by Gasteiger charge is 2.31. The number of pyridine rings is 1. The molecule has 0 aliphatic carbocycles. The largest absolute Gasteiger partial charge is 0.487 e. The van der Waals surface area contributed by atoms with Crippen molar-refractivity contribution in [2.45, 2.75) is 12.8 Å². The average Bonchev–Trinajstić information content (AvgIpc) is 2.55. The van der Waals surface area contributed by atoms with Gasteiger partial charge in [-0.05, 0) is 39.7 Å². The van der Waals surface area contributed by atoms with E-state index in [1.165, 1.54) is 6.07 Å². The van der Waals surface area contributed by atoms with Crippen molar-refractivity contribution >= 4 is 26.8 Å². The molecule has 2 aromatic carbocycles. The molecule has 0 amide bonds. The zero-order valence-corrected chi connectivity index (χ0v) is 13.7. The van der Waals surface area contributed by atoms with Gasteiger partial charge in [-0.25, -0.2) is 0 Å².